The van der Waals surface area contributed by atoms with Gasteiger partial charge in [-0.15, -0.1) is 0 Å². The lowest BCUT2D eigenvalue weighted by atomic mass is 10.2. The van der Waals surface area contributed by atoms with Crippen molar-refractivity contribution < 1.29 is 9.90 Å². The van der Waals surface area contributed by atoms with E-state index in [2.05, 4.69) is 49.0 Å². The van der Waals surface area contributed by atoms with Gasteiger partial charge in [-0.05, 0) is 85.4 Å². The number of phenolic OH excluding ortho intramolecular Hbond substituents is 1. The largest absolute Gasteiger partial charge is 0.506 e. The van der Waals surface area contributed by atoms with Gasteiger partial charge in [-0.25, -0.2) is 5.43 Å². The summed E-state index contributed by atoms with van der Waals surface area (Å²) in [6.45, 7) is 0. The van der Waals surface area contributed by atoms with Crippen LogP contribution < -0.4 is 5.43 Å². The molecule has 2 rings (SSSR count). The number of aromatic hydroxyl groups is 1. The van der Waals surface area contributed by atoms with Crippen molar-refractivity contribution in [2.45, 2.75) is 0 Å². The van der Waals surface area contributed by atoms with Crippen LogP contribution in [-0.2, 0) is 0 Å². The van der Waals surface area contributed by atoms with Gasteiger partial charge in [0.2, 0.25) is 0 Å². The fourth-order valence-corrected chi connectivity index (χ4v) is 3.90. The van der Waals surface area contributed by atoms with E-state index in [1.54, 1.807) is 24.3 Å². The molecule has 108 valence electrons. The third-order valence-electron chi connectivity index (χ3n) is 2.55. The van der Waals surface area contributed by atoms with Crippen molar-refractivity contribution in [3.63, 3.8) is 0 Å². The van der Waals surface area contributed by atoms with Crippen LogP contribution in [-0.4, -0.2) is 17.2 Å². The van der Waals surface area contributed by atoms with Gasteiger partial charge in [0.25, 0.3) is 5.91 Å². The third-order valence-corrected chi connectivity index (χ3v) is 4.68. The summed E-state index contributed by atoms with van der Waals surface area (Å²) in [4.78, 5) is 12.0. The Hall–Kier alpha value is -0.680. The monoisotopic (exact) mass is 570 g/mol. The number of nitrogens with zero attached hydrogens (tertiary/aromatic N) is 1. The molecule has 0 aliphatic carbocycles. The molecule has 2 N–H and O–H groups in total. The predicted molar refractivity (Wildman–Crippen MR) is 103 cm³/mol. The van der Waals surface area contributed by atoms with Crippen LogP contribution in [0.3, 0.4) is 0 Å². The maximum Gasteiger partial charge on any atom is 0.272 e. The van der Waals surface area contributed by atoms with Crippen LogP contribution in [0.4, 0.5) is 0 Å². The van der Waals surface area contributed by atoms with E-state index in [1.807, 2.05) is 34.7 Å². The fourth-order valence-electron chi connectivity index (χ4n) is 1.55. The Kier molecular flexibility index (Phi) is 5.99. The number of halogens is 3. The summed E-state index contributed by atoms with van der Waals surface area (Å²) < 4.78 is 2.41. The van der Waals surface area contributed by atoms with Gasteiger partial charge in [-0.2, -0.15) is 5.10 Å². The maximum atomic E-state index is 12.0. The molecule has 0 unspecified atom stereocenters. The van der Waals surface area contributed by atoms with E-state index in [4.69, 9.17) is 0 Å². The van der Waals surface area contributed by atoms with Crippen molar-refractivity contribution in [1.82, 2.24) is 5.43 Å². The first kappa shape index (κ1) is 16.7. The summed E-state index contributed by atoms with van der Waals surface area (Å²) in [5.74, 6) is -0.173. The number of amides is 1. The molecule has 7 heteroatoms. The Bertz CT molecular complexity index is 720. The number of carbonyl (C=O) groups excluding carboxylic acids is 1. The fraction of sp³-hybridized carbons (Fsp3) is 0. The van der Waals surface area contributed by atoms with Gasteiger partial charge in [0, 0.05) is 13.6 Å². The lowest BCUT2D eigenvalue weighted by Crippen LogP contribution is -2.18. The van der Waals surface area contributed by atoms with E-state index in [-0.39, 0.29) is 11.7 Å². The molecule has 0 saturated heterocycles. The van der Waals surface area contributed by atoms with Crippen LogP contribution in [0.1, 0.15) is 15.9 Å². The zero-order valence-corrected chi connectivity index (χ0v) is 16.4. The summed E-state index contributed by atoms with van der Waals surface area (Å²) in [7, 11) is 0. The average Bonchev–Trinajstić information content (AvgIpc) is 2.44. The number of rotatable bonds is 3. The van der Waals surface area contributed by atoms with Crippen LogP contribution in [0.5, 0.6) is 5.75 Å². The molecule has 0 fully saturated rings. The molecule has 0 radical (unpaired) electrons. The summed E-state index contributed by atoms with van der Waals surface area (Å²) in [6.07, 6.45) is 1.43. The molecule has 0 heterocycles. The molecule has 0 saturated carbocycles. The summed E-state index contributed by atoms with van der Waals surface area (Å²) in [6, 6.07) is 10.7. The van der Waals surface area contributed by atoms with Crippen LogP contribution in [0.15, 0.2) is 46.0 Å². The zero-order chi connectivity index (χ0) is 15.4. The number of phenols is 1. The smallest absolute Gasteiger partial charge is 0.272 e. The van der Waals surface area contributed by atoms with Crippen LogP contribution in [0, 0.1) is 7.14 Å². The van der Waals surface area contributed by atoms with E-state index in [0.29, 0.717) is 15.6 Å². The van der Waals surface area contributed by atoms with Gasteiger partial charge < -0.3 is 5.11 Å². The first-order valence-corrected chi connectivity index (χ1v) is 8.70. The molecular weight excluding hydrogens is 562 g/mol. The molecule has 0 bridgehead atoms. The van der Waals surface area contributed by atoms with E-state index in [0.717, 1.165) is 7.14 Å². The Morgan fingerprint density at radius 1 is 1.29 bits per heavy atom. The second-order valence-electron chi connectivity index (χ2n) is 4.00. The highest BCUT2D eigenvalue weighted by molar-refractivity contribution is 14.1. The van der Waals surface area contributed by atoms with Crippen molar-refractivity contribution in [3.8, 4) is 5.75 Å². The van der Waals surface area contributed by atoms with Crippen LogP contribution in [0.25, 0.3) is 0 Å². The molecule has 4 nitrogen and oxygen atoms in total. The Labute approximate surface area is 157 Å². The van der Waals surface area contributed by atoms with E-state index in [9.17, 15) is 9.90 Å². The standard InChI is InChI=1S/C14H9BrI2N2O2/c15-11-4-2-1-3-10(11)14(21)19-18-7-8-5-9(16)6-12(17)13(8)20/h1-7,20H,(H,19,21)/b18-7+. The van der Waals surface area contributed by atoms with Crippen molar-refractivity contribution in [2.75, 3.05) is 0 Å². The van der Waals surface area contributed by atoms with E-state index >= 15 is 0 Å². The van der Waals surface area contributed by atoms with Crippen molar-refractivity contribution in [3.05, 3.63) is 59.1 Å². The number of hydrogen-bond donors (Lipinski definition) is 2. The van der Waals surface area contributed by atoms with Crippen LogP contribution >= 0.6 is 61.1 Å². The second kappa shape index (κ2) is 7.54. The molecule has 0 aliphatic rings. The van der Waals surface area contributed by atoms with E-state index in [1.165, 1.54) is 6.21 Å². The minimum absolute atomic E-state index is 0.148. The molecule has 0 spiro atoms. The van der Waals surface area contributed by atoms with Crippen LogP contribution in [0.2, 0.25) is 0 Å². The first-order valence-electron chi connectivity index (χ1n) is 5.75. The number of benzene rings is 2. The highest BCUT2D eigenvalue weighted by Crippen LogP contribution is 2.25. The van der Waals surface area contributed by atoms with Gasteiger partial charge in [0.05, 0.1) is 15.3 Å². The summed E-state index contributed by atoms with van der Waals surface area (Å²) >= 11 is 7.51. The first-order chi connectivity index (χ1) is 9.99. The van der Waals surface area contributed by atoms with Gasteiger partial charge in [0.15, 0.2) is 0 Å². The normalized spacial score (nSPS) is 10.8. The Morgan fingerprint density at radius 2 is 2.00 bits per heavy atom. The quantitative estimate of drug-likeness (QED) is 0.331. The summed E-state index contributed by atoms with van der Waals surface area (Å²) in [5.41, 5.74) is 3.49. The van der Waals surface area contributed by atoms with Gasteiger partial charge in [0.1, 0.15) is 5.75 Å². The molecule has 21 heavy (non-hydrogen) atoms. The Morgan fingerprint density at radius 3 is 2.71 bits per heavy atom. The van der Waals surface area contributed by atoms with Crippen molar-refractivity contribution in [1.29, 1.82) is 0 Å². The minimum Gasteiger partial charge on any atom is -0.506 e. The zero-order valence-electron chi connectivity index (χ0n) is 10.5. The highest BCUT2D eigenvalue weighted by atomic mass is 127. The average molecular weight is 571 g/mol. The number of hydrazone groups is 1. The molecule has 0 aliphatic heterocycles. The Balaban J connectivity index is 2.13. The lowest BCUT2D eigenvalue weighted by molar-refractivity contribution is 0.0954. The molecular formula is C14H9BrI2N2O2. The number of carbonyl (C=O) groups is 1. The summed E-state index contributed by atoms with van der Waals surface area (Å²) in [5, 5.41) is 13.8. The minimum atomic E-state index is -0.321. The molecule has 1 amide bonds. The second-order valence-corrected chi connectivity index (χ2v) is 7.27. The van der Waals surface area contributed by atoms with Crippen molar-refractivity contribution >= 4 is 73.2 Å². The third kappa shape index (κ3) is 4.39. The van der Waals surface area contributed by atoms with Gasteiger partial charge >= 0.3 is 0 Å². The molecule has 2 aromatic rings. The SMILES string of the molecule is O=C(N/N=C/c1cc(I)cc(I)c1O)c1ccccc1Br. The number of nitrogens with one attached hydrogen (secondary N) is 1. The topological polar surface area (TPSA) is 61.7 Å². The molecule has 0 aromatic heterocycles. The number of hydrogen-bond acceptors (Lipinski definition) is 3. The van der Waals surface area contributed by atoms with E-state index < -0.39 is 0 Å². The highest BCUT2D eigenvalue weighted by Gasteiger charge is 2.08. The molecule has 0 atom stereocenters. The van der Waals surface area contributed by atoms with Gasteiger partial charge in [-0.1, -0.05) is 12.1 Å². The van der Waals surface area contributed by atoms with Crippen molar-refractivity contribution in [2.24, 2.45) is 5.10 Å². The predicted octanol–water partition coefficient (Wildman–Crippen LogP) is 4.13. The van der Waals surface area contributed by atoms with Gasteiger partial charge in [-0.3, -0.25) is 4.79 Å². The molecule has 2 aromatic carbocycles. The maximum absolute atomic E-state index is 12.0. The lowest BCUT2D eigenvalue weighted by Gasteiger charge is -2.04.